The van der Waals surface area contributed by atoms with Gasteiger partial charge in [-0.3, -0.25) is 0 Å². The minimum absolute atomic E-state index is 0.280. The number of benzene rings is 1. The fourth-order valence-electron chi connectivity index (χ4n) is 2.51. The molecule has 0 amide bonds. The number of hydrogen-bond donors (Lipinski definition) is 1. The van der Waals surface area contributed by atoms with E-state index in [-0.39, 0.29) is 5.41 Å². The quantitative estimate of drug-likeness (QED) is 0.837. The van der Waals surface area contributed by atoms with Gasteiger partial charge in [0, 0.05) is 36.4 Å². The fraction of sp³-hybridized carbons (Fsp3) is 0.600. The molecule has 1 aliphatic rings. The highest BCUT2D eigenvalue weighted by Crippen LogP contribution is 2.29. The van der Waals surface area contributed by atoms with Crippen molar-refractivity contribution in [1.29, 1.82) is 0 Å². The van der Waals surface area contributed by atoms with Crippen LogP contribution in [-0.4, -0.2) is 25.7 Å². The molecule has 1 saturated heterocycles. The Bertz CT molecular complexity index is 429. The van der Waals surface area contributed by atoms with Crippen molar-refractivity contribution in [3.8, 4) is 0 Å². The fourth-order valence-corrected chi connectivity index (χ4v) is 2.68. The number of nitrogens with one attached hydrogen (secondary N) is 1. The Hall–Kier alpha value is -0.730. The first kappa shape index (κ1) is 13.7. The Morgan fingerprint density at radius 1 is 1.39 bits per heavy atom. The maximum Gasteiger partial charge on any atom is 0.0455 e. The average Bonchev–Trinajstić information content (AvgIpc) is 2.42. The Labute approximate surface area is 115 Å². The van der Waals surface area contributed by atoms with Crippen LogP contribution < -0.4 is 10.2 Å². The molecule has 0 radical (unpaired) electrons. The molecule has 0 bridgehead atoms. The first-order chi connectivity index (χ1) is 8.39. The maximum atomic E-state index is 6.25. The Morgan fingerprint density at radius 3 is 2.78 bits per heavy atom. The molecule has 100 valence electrons. The third-order valence-corrected chi connectivity index (χ3v) is 4.07. The second-order valence-corrected chi connectivity index (χ2v) is 6.61. The summed E-state index contributed by atoms with van der Waals surface area (Å²) in [7, 11) is 0. The molecule has 1 heterocycles. The zero-order valence-corrected chi connectivity index (χ0v) is 12.5. The van der Waals surface area contributed by atoms with E-state index in [1.807, 2.05) is 6.92 Å². The molecule has 1 fully saturated rings. The number of aryl methyl sites for hydroxylation is 1. The molecule has 0 aliphatic carbocycles. The van der Waals surface area contributed by atoms with Gasteiger partial charge in [0.25, 0.3) is 0 Å². The summed E-state index contributed by atoms with van der Waals surface area (Å²) < 4.78 is 0. The van der Waals surface area contributed by atoms with E-state index in [0.29, 0.717) is 6.04 Å². The number of halogens is 1. The molecule has 1 aromatic carbocycles. The first-order valence-corrected chi connectivity index (χ1v) is 7.00. The van der Waals surface area contributed by atoms with Crippen molar-refractivity contribution in [1.82, 2.24) is 5.32 Å². The van der Waals surface area contributed by atoms with Crippen LogP contribution in [0, 0.1) is 12.3 Å². The second-order valence-electron chi connectivity index (χ2n) is 6.21. The Kier molecular flexibility index (Phi) is 3.88. The molecule has 1 unspecified atom stereocenters. The zero-order valence-electron chi connectivity index (χ0n) is 11.8. The minimum atomic E-state index is 0.280. The summed E-state index contributed by atoms with van der Waals surface area (Å²) in [6, 6.07) is 6.87. The van der Waals surface area contributed by atoms with Crippen molar-refractivity contribution in [3.05, 3.63) is 28.8 Å². The monoisotopic (exact) mass is 266 g/mol. The predicted molar refractivity (Wildman–Crippen MR) is 79.6 cm³/mol. The highest BCUT2D eigenvalue weighted by atomic mass is 35.5. The van der Waals surface area contributed by atoms with Gasteiger partial charge in [0.2, 0.25) is 0 Å². The molecule has 0 saturated carbocycles. The van der Waals surface area contributed by atoms with Crippen molar-refractivity contribution in [2.75, 3.05) is 24.5 Å². The average molecular weight is 267 g/mol. The molecule has 1 atom stereocenters. The number of nitrogens with zero attached hydrogens (tertiary/aromatic N) is 1. The third kappa shape index (κ3) is 2.99. The molecule has 2 rings (SSSR count). The molecular weight excluding hydrogens is 244 g/mol. The van der Waals surface area contributed by atoms with Crippen LogP contribution in [0.2, 0.25) is 5.02 Å². The van der Waals surface area contributed by atoms with Gasteiger partial charge < -0.3 is 10.2 Å². The predicted octanol–water partition coefficient (Wildman–Crippen LogP) is 3.47. The van der Waals surface area contributed by atoms with Crippen molar-refractivity contribution in [2.24, 2.45) is 5.41 Å². The van der Waals surface area contributed by atoms with E-state index in [9.17, 15) is 0 Å². The number of hydrogen-bond acceptors (Lipinski definition) is 2. The van der Waals surface area contributed by atoms with Gasteiger partial charge in [0.05, 0.1) is 0 Å². The zero-order chi connectivity index (χ0) is 13.3. The van der Waals surface area contributed by atoms with Gasteiger partial charge in [0.1, 0.15) is 0 Å². The smallest absolute Gasteiger partial charge is 0.0455 e. The summed E-state index contributed by atoms with van der Waals surface area (Å²) in [6.07, 6.45) is 0. The van der Waals surface area contributed by atoms with Gasteiger partial charge in [-0.1, -0.05) is 31.5 Å². The van der Waals surface area contributed by atoms with E-state index in [1.165, 1.54) is 5.69 Å². The topological polar surface area (TPSA) is 15.3 Å². The van der Waals surface area contributed by atoms with Gasteiger partial charge in [-0.25, -0.2) is 0 Å². The molecule has 0 aromatic heterocycles. The van der Waals surface area contributed by atoms with E-state index in [4.69, 9.17) is 11.6 Å². The minimum Gasteiger partial charge on any atom is -0.367 e. The van der Waals surface area contributed by atoms with Crippen LogP contribution in [0.15, 0.2) is 18.2 Å². The second kappa shape index (κ2) is 5.10. The van der Waals surface area contributed by atoms with Crippen LogP contribution in [0.1, 0.15) is 26.3 Å². The van der Waals surface area contributed by atoms with E-state index in [0.717, 1.165) is 30.2 Å². The number of anilines is 1. The highest BCUT2D eigenvalue weighted by Gasteiger charge is 2.28. The van der Waals surface area contributed by atoms with Gasteiger partial charge in [0.15, 0.2) is 0 Å². The Morgan fingerprint density at radius 2 is 2.11 bits per heavy atom. The SMILES string of the molecule is Cc1ccc(N2CC(C)(C)CNCC2C)cc1Cl. The van der Waals surface area contributed by atoms with Crippen LogP contribution in [0.4, 0.5) is 5.69 Å². The Balaban J connectivity index is 2.30. The third-order valence-electron chi connectivity index (χ3n) is 3.66. The lowest BCUT2D eigenvalue weighted by Gasteiger charge is -2.34. The summed E-state index contributed by atoms with van der Waals surface area (Å²) in [5.74, 6) is 0. The van der Waals surface area contributed by atoms with E-state index in [1.54, 1.807) is 0 Å². The van der Waals surface area contributed by atoms with Gasteiger partial charge in [-0.15, -0.1) is 0 Å². The van der Waals surface area contributed by atoms with Crippen LogP contribution in [0.3, 0.4) is 0 Å². The lowest BCUT2D eigenvalue weighted by atomic mass is 9.93. The van der Waals surface area contributed by atoms with Crippen LogP contribution in [0.5, 0.6) is 0 Å². The maximum absolute atomic E-state index is 6.25. The van der Waals surface area contributed by atoms with Gasteiger partial charge >= 0.3 is 0 Å². The summed E-state index contributed by atoms with van der Waals surface area (Å²) in [4.78, 5) is 2.46. The molecule has 18 heavy (non-hydrogen) atoms. The molecule has 1 aromatic rings. The van der Waals surface area contributed by atoms with Crippen LogP contribution in [-0.2, 0) is 0 Å². The summed E-state index contributed by atoms with van der Waals surface area (Å²) in [5.41, 5.74) is 2.65. The van der Waals surface area contributed by atoms with Crippen LogP contribution >= 0.6 is 11.6 Å². The summed E-state index contributed by atoms with van der Waals surface area (Å²) in [6.45, 7) is 12.1. The standard InChI is InChI=1S/C15H23ClN2/c1-11-5-6-13(7-14(11)16)18-10-15(3,4)9-17-8-12(18)2/h5-7,12,17H,8-10H2,1-4H3. The van der Waals surface area contributed by atoms with E-state index >= 15 is 0 Å². The first-order valence-electron chi connectivity index (χ1n) is 6.62. The van der Waals surface area contributed by atoms with E-state index in [2.05, 4.69) is 49.2 Å². The highest BCUT2D eigenvalue weighted by molar-refractivity contribution is 6.31. The lowest BCUT2D eigenvalue weighted by molar-refractivity contribution is 0.369. The van der Waals surface area contributed by atoms with Crippen molar-refractivity contribution in [2.45, 2.75) is 33.7 Å². The van der Waals surface area contributed by atoms with Crippen LogP contribution in [0.25, 0.3) is 0 Å². The normalized spacial score (nSPS) is 23.8. The van der Waals surface area contributed by atoms with Gasteiger partial charge in [-0.2, -0.15) is 0 Å². The summed E-state index contributed by atoms with van der Waals surface area (Å²) in [5, 5.41) is 4.39. The molecule has 1 aliphatic heterocycles. The molecule has 3 heteroatoms. The summed E-state index contributed by atoms with van der Waals surface area (Å²) >= 11 is 6.25. The van der Waals surface area contributed by atoms with Crippen molar-refractivity contribution >= 4 is 17.3 Å². The van der Waals surface area contributed by atoms with Crippen molar-refractivity contribution < 1.29 is 0 Å². The van der Waals surface area contributed by atoms with Crippen molar-refractivity contribution in [3.63, 3.8) is 0 Å². The lowest BCUT2D eigenvalue weighted by Crippen LogP contribution is -2.39. The molecular formula is C15H23ClN2. The largest absolute Gasteiger partial charge is 0.367 e. The van der Waals surface area contributed by atoms with Gasteiger partial charge in [-0.05, 0) is 37.0 Å². The van der Waals surface area contributed by atoms with E-state index < -0.39 is 0 Å². The molecule has 2 nitrogen and oxygen atoms in total. The molecule has 0 spiro atoms. The molecule has 1 N–H and O–H groups in total. The number of rotatable bonds is 1.